The number of allylic oxidation sites excluding steroid dienone is 1. The zero-order chi connectivity index (χ0) is 13.2. The molecule has 1 heterocycles. The third kappa shape index (κ3) is 3.26. The third-order valence-electron chi connectivity index (χ3n) is 3.41. The lowest BCUT2D eigenvalue weighted by atomic mass is 10.0. The van der Waals surface area contributed by atoms with E-state index in [1.165, 1.54) is 16.8 Å². The first-order chi connectivity index (χ1) is 8.46. The number of rotatable bonds is 3. The summed E-state index contributed by atoms with van der Waals surface area (Å²) >= 11 is 0. The predicted molar refractivity (Wildman–Crippen MR) is 77.3 cm³/mol. The lowest BCUT2D eigenvalue weighted by Crippen LogP contribution is -2.31. The molecule has 3 heteroatoms. The molecular weight excluding hydrogens is 222 g/mol. The standard InChI is InChI=1S/C15H23N3/c1-11-5-7-14(8-6-11)18-17-12(2)13-9-15(3,4)16-10-13/h5-8,16-18H,9-10H2,1-4H3. The Bertz CT molecular complexity index is 443. The Morgan fingerprint density at radius 2 is 1.89 bits per heavy atom. The fourth-order valence-electron chi connectivity index (χ4n) is 2.16. The van der Waals surface area contributed by atoms with E-state index in [0.717, 1.165) is 18.7 Å². The highest BCUT2D eigenvalue weighted by Gasteiger charge is 2.26. The molecule has 1 aliphatic heterocycles. The van der Waals surface area contributed by atoms with Crippen LogP contribution < -0.4 is 16.2 Å². The molecule has 0 aliphatic carbocycles. The summed E-state index contributed by atoms with van der Waals surface area (Å²) in [7, 11) is 0. The average molecular weight is 245 g/mol. The Kier molecular flexibility index (Phi) is 3.62. The molecule has 0 atom stereocenters. The number of benzene rings is 1. The number of hydrazine groups is 1. The minimum absolute atomic E-state index is 0.224. The molecule has 3 N–H and O–H groups in total. The van der Waals surface area contributed by atoms with Crippen molar-refractivity contribution in [3.63, 3.8) is 0 Å². The molecule has 0 radical (unpaired) electrons. The fourth-order valence-corrected chi connectivity index (χ4v) is 2.16. The fraction of sp³-hybridized carbons (Fsp3) is 0.467. The van der Waals surface area contributed by atoms with Crippen molar-refractivity contribution in [2.75, 3.05) is 12.0 Å². The second-order valence-electron chi connectivity index (χ2n) is 5.76. The molecule has 1 aliphatic rings. The Morgan fingerprint density at radius 1 is 1.22 bits per heavy atom. The SMILES string of the molecule is CC(NNc1ccc(C)cc1)=C1CNC(C)(C)C1. The normalized spacial score (nSPS) is 20.7. The summed E-state index contributed by atoms with van der Waals surface area (Å²) in [5, 5.41) is 3.51. The van der Waals surface area contributed by atoms with Crippen molar-refractivity contribution in [2.45, 2.75) is 39.7 Å². The smallest absolute Gasteiger partial charge is 0.0539 e. The van der Waals surface area contributed by atoms with Gasteiger partial charge in [-0.15, -0.1) is 0 Å². The molecule has 3 nitrogen and oxygen atoms in total. The number of nitrogens with one attached hydrogen (secondary N) is 3. The largest absolute Gasteiger partial charge is 0.308 e. The molecule has 18 heavy (non-hydrogen) atoms. The van der Waals surface area contributed by atoms with Crippen LogP contribution in [0, 0.1) is 6.92 Å². The van der Waals surface area contributed by atoms with Crippen molar-refractivity contribution < 1.29 is 0 Å². The van der Waals surface area contributed by atoms with Gasteiger partial charge >= 0.3 is 0 Å². The highest BCUT2D eigenvalue weighted by Crippen LogP contribution is 2.24. The van der Waals surface area contributed by atoms with E-state index in [9.17, 15) is 0 Å². The lowest BCUT2D eigenvalue weighted by Gasteiger charge is -2.16. The van der Waals surface area contributed by atoms with Crippen LogP contribution in [0.15, 0.2) is 35.5 Å². The van der Waals surface area contributed by atoms with Crippen molar-refractivity contribution in [1.29, 1.82) is 0 Å². The Balaban J connectivity index is 1.94. The Labute approximate surface area is 110 Å². The van der Waals surface area contributed by atoms with Gasteiger partial charge in [-0.3, -0.25) is 0 Å². The minimum atomic E-state index is 0.224. The molecule has 98 valence electrons. The molecule has 0 spiro atoms. The van der Waals surface area contributed by atoms with Crippen LogP contribution in [-0.4, -0.2) is 12.1 Å². The second kappa shape index (κ2) is 5.02. The average Bonchev–Trinajstić information content (AvgIpc) is 2.69. The molecule has 1 saturated heterocycles. The zero-order valence-corrected chi connectivity index (χ0v) is 11.7. The summed E-state index contributed by atoms with van der Waals surface area (Å²) in [6.45, 7) is 9.67. The molecule has 0 bridgehead atoms. The monoisotopic (exact) mass is 245 g/mol. The number of anilines is 1. The molecule has 0 saturated carbocycles. The predicted octanol–water partition coefficient (Wildman–Crippen LogP) is 2.96. The highest BCUT2D eigenvalue weighted by molar-refractivity contribution is 5.44. The van der Waals surface area contributed by atoms with E-state index in [1.54, 1.807) is 0 Å². The number of hydrogen-bond acceptors (Lipinski definition) is 3. The maximum absolute atomic E-state index is 3.51. The van der Waals surface area contributed by atoms with Gasteiger partial charge in [0.2, 0.25) is 0 Å². The van der Waals surface area contributed by atoms with Gasteiger partial charge in [0, 0.05) is 17.8 Å². The van der Waals surface area contributed by atoms with Gasteiger partial charge in [-0.25, -0.2) is 0 Å². The molecule has 1 aromatic carbocycles. The van der Waals surface area contributed by atoms with E-state index in [0.29, 0.717) is 0 Å². The first-order valence-corrected chi connectivity index (χ1v) is 6.49. The molecule has 1 aromatic rings. The van der Waals surface area contributed by atoms with Crippen molar-refractivity contribution in [3.05, 3.63) is 41.1 Å². The van der Waals surface area contributed by atoms with E-state index >= 15 is 0 Å². The maximum atomic E-state index is 3.51. The quantitative estimate of drug-likeness (QED) is 0.717. The van der Waals surface area contributed by atoms with Crippen molar-refractivity contribution in [1.82, 2.24) is 10.7 Å². The molecule has 0 unspecified atom stereocenters. The van der Waals surface area contributed by atoms with Crippen LogP contribution in [0.5, 0.6) is 0 Å². The van der Waals surface area contributed by atoms with Gasteiger partial charge in [-0.1, -0.05) is 17.7 Å². The van der Waals surface area contributed by atoms with Gasteiger partial charge in [0.05, 0.1) is 5.69 Å². The van der Waals surface area contributed by atoms with E-state index in [1.807, 2.05) is 0 Å². The second-order valence-corrected chi connectivity index (χ2v) is 5.76. The van der Waals surface area contributed by atoms with Crippen LogP contribution in [0.2, 0.25) is 0 Å². The Morgan fingerprint density at radius 3 is 2.44 bits per heavy atom. The lowest BCUT2D eigenvalue weighted by molar-refractivity contribution is 0.464. The van der Waals surface area contributed by atoms with Crippen LogP contribution in [0.25, 0.3) is 0 Å². The van der Waals surface area contributed by atoms with E-state index in [-0.39, 0.29) is 5.54 Å². The van der Waals surface area contributed by atoms with Crippen LogP contribution >= 0.6 is 0 Å². The number of aryl methyl sites for hydroxylation is 1. The van der Waals surface area contributed by atoms with E-state index in [2.05, 4.69) is 68.1 Å². The van der Waals surface area contributed by atoms with Crippen molar-refractivity contribution in [2.24, 2.45) is 0 Å². The van der Waals surface area contributed by atoms with Crippen LogP contribution in [0.3, 0.4) is 0 Å². The maximum Gasteiger partial charge on any atom is 0.0539 e. The zero-order valence-electron chi connectivity index (χ0n) is 11.7. The first-order valence-electron chi connectivity index (χ1n) is 6.49. The van der Waals surface area contributed by atoms with E-state index in [4.69, 9.17) is 0 Å². The van der Waals surface area contributed by atoms with Gasteiger partial charge in [0.1, 0.15) is 0 Å². The van der Waals surface area contributed by atoms with Gasteiger partial charge in [0.25, 0.3) is 0 Å². The minimum Gasteiger partial charge on any atom is -0.308 e. The van der Waals surface area contributed by atoms with Crippen LogP contribution in [0.1, 0.15) is 32.8 Å². The molecule has 0 amide bonds. The summed E-state index contributed by atoms with van der Waals surface area (Å²) in [4.78, 5) is 0. The third-order valence-corrected chi connectivity index (χ3v) is 3.41. The molecule has 1 fully saturated rings. The topological polar surface area (TPSA) is 36.1 Å². The van der Waals surface area contributed by atoms with Crippen LogP contribution in [-0.2, 0) is 0 Å². The van der Waals surface area contributed by atoms with Gasteiger partial charge in [-0.2, -0.15) is 0 Å². The summed E-state index contributed by atoms with van der Waals surface area (Å²) in [6.07, 6.45) is 1.10. The summed E-state index contributed by atoms with van der Waals surface area (Å²) in [5.41, 5.74) is 11.8. The molecular formula is C15H23N3. The van der Waals surface area contributed by atoms with Gasteiger partial charge in [0.15, 0.2) is 0 Å². The van der Waals surface area contributed by atoms with Gasteiger partial charge in [-0.05, 0) is 51.8 Å². The Hall–Kier alpha value is -1.48. The molecule has 0 aromatic heterocycles. The summed E-state index contributed by atoms with van der Waals surface area (Å²) < 4.78 is 0. The van der Waals surface area contributed by atoms with Crippen LogP contribution in [0.4, 0.5) is 5.69 Å². The highest BCUT2D eigenvalue weighted by atomic mass is 15.4. The summed E-state index contributed by atoms with van der Waals surface area (Å²) in [5.74, 6) is 0. The number of hydrogen-bond donors (Lipinski definition) is 3. The first kappa shape index (κ1) is 13.0. The van der Waals surface area contributed by atoms with Crippen molar-refractivity contribution in [3.8, 4) is 0 Å². The molecule has 2 rings (SSSR count). The van der Waals surface area contributed by atoms with Gasteiger partial charge < -0.3 is 16.2 Å². The van der Waals surface area contributed by atoms with E-state index < -0.39 is 0 Å². The van der Waals surface area contributed by atoms with Crippen molar-refractivity contribution >= 4 is 5.69 Å². The summed E-state index contributed by atoms with van der Waals surface area (Å²) in [6, 6.07) is 8.37.